The number of hydrogen-bond donors (Lipinski definition) is 0. The van der Waals surface area contributed by atoms with Crippen LogP contribution in [-0.4, -0.2) is 37.2 Å². The molecule has 0 aromatic heterocycles. The van der Waals surface area contributed by atoms with Crippen LogP contribution in [0.2, 0.25) is 0 Å². The Morgan fingerprint density at radius 1 is 0.696 bits per heavy atom. The third-order valence-corrected chi connectivity index (χ3v) is 3.07. The van der Waals surface area contributed by atoms with Crippen LogP contribution in [0.5, 0.6) is 0 Å². The molecule has 0 unspecified atom stereocenters. The molecule has 0 radical (unpaired) electrons. The van der Waals surface area contributed by atoms with Crippen LogP contribution >= 0.6 is 0 Å². The quantitative estimate of drug-likeness (QED) is 0.381. The van der Waals surface area contributed by atoms with E-state index in [0.717, 1.165) is 12.8 Å². The third kappa shape index (κ3) is 12.6. The molecule has 0 fully saturated rings. The van der Waals surface area contributed by atoms with Gasteiger partial charge in [0, 0.05) is 32.1 Å². The van der Waals surface area contributed by atoms with Crippen LogP contribution in [0.25, 0.3) is 0 Å². The molecule has 6 heteroatoms. The first-order chi connectivity index (χ1) is 11.0. The molecule has 0 saturated heterocycles. The van der Waals surface area contributed by atoms with Crippen molar-refractivity contribution in [2.75, 3.05) is 13.2 Å². The van der Waals surface area contributed by atoms with Crippen molar-refractivity contribution in [3.05, 3.63) is 0 Å². The second kappa shape index (κ2) is 14.0. The summed E-state index contributed by atoms with van der Waals surface area (Å²) in [6.07, 6.45) is 3.72. The Morgan fingerprint density at radius 2 is 1.09 bits per heavy atom. The number of esters is 3. The van der Waals surface area contributed by atoms with E-state index >= 15 is 0 Å². The predicted octanol–water partition coefficient (Wildman–Crippen LogP) is 3.17. The molecule has 6 nitrogen and oxygen atoms in total. The molecule has 0 aromatic rings. The van der Waals surface area contributed by atoms with Crippen molar-refractivity contribution in [2.45, 2.75) is 78.2 Å². The van der Waals surface area contributed by atoms with Crippen LogP contribution in [0.4, 0.5) is 0 Å². The van der Waals surface area contributed by atoms with Crippen LogP contribution in [0, 0.1) is 0 Å². The molecule has 0 atom stereocenters. The summed E-state index contributed by atoms with van der Waals surface area (Å²) in [6, 6.07) is 0. The van der Waals surface area contributed by atoms with Gasteiger partial charge in [0.1, 0.15) is 6.10 Å². The first kappa shape index (κ1) is 21.4. The van der Waals surface area contributed by atoms with Gasteiger partial charge in [0.2, 0.25) is 0 Å². The SMILES string of the molecule is CCCC(=O)OCCC(CCOC(=O)CCC)OC(=O)CCC. The average molecular weight is 330 g/mol. The molecule has 0 aliphatic carbocycles. The van der Waals surface area contributed by atoms with E-state index in [2.05, 4.69) is 0 Å². The van der Waals surface area contributed by atoms with Crippen LogP contribution in [-0.2, 0) is 28.6 Å². The zero-order valence-electron chi connectivity index (χ0n) is 14.6. The predicted molar refractivity (Wildman–Crippen MR) is 85.8 cm³/mol. The van der Waals surface area contributed by atoms with Gasteiger partial charge in [-0.15, -0.1) is 0 Å². The van der Waals surface area contributed by atoms with Crippen molar-refractivity contribution < 1.29 is 28.6 Å². The van der Waals surface area contributed by atoms with E-state index in [1.165, 1.54) is 0 Å². The van der Waals surface area contributed by atoms with Crippen LogP contribution < -0.4 is 0 Å². The van der Waals surface area contributed by atoms with Gasteiger partial charge in [0.05, 0.1) is 13.2 Å². The fourth-order valence-electron chi connectivity index (χ4n) is 1.87. The van der Waals surface area contributed by atoms with E-state index in [9.17, 15) is 14.4 Å². The van der Waals surface area contributed by atoms with Crippen molar-refractivity contribution >= 4 is 17.9 Å². The van der Waals surface area contributed by atoms with Crippen LogP contribution in [0.3, 0.4) is 0 Å². The van der Waals surface area contributed by atoms with Gasteiger partial charge in [0.25, 0.3) is 0 Å². The molecule has 0 aliphatic heterocycles. The first-order valence-electron chi connectivity index (χ1n) is 8.54. The van der Waals surface area contributed by atoms with E-state index < -0.39 is 6.10 Å². The van der Waals surface area contributed by atoms with Crippen molar-refractivity contribution in [1.82, 2.24) is 0 Å². The van der Waals surface area contributed by atoms with Gasteiger partial charge in [-0.1, -0.05) is 20.8 Å². The lowest BCUT2D eigenvalue weighted by molar-refractivity contribution is -0.153. The van der Waals surface area contributed by atoms with Gasteiger partial charge in [0.15, 0.2) is 0 Å². The molecule has 0 aliphatic rings. The highest BCUT2D eigenvalue weighted by Crippen LogP contribution is 2.09. The highest BCUT2D eigenvalue weighted by atomic mass is 16.6. The van der Waals surface area contributed by atoms with E-state index in [1.54, 1.807) is 0 Å². The van der Waals surface area contributed by atoms with Gasteiger partial charge in [-0.3, -0.25) is 14.4 Å². The average Bonchev–Trinajstić information content (AvgIpc) is 2.47. The zero-order chi connectivity index (χ0) is 17.5. The molecule has 0 spiro atoms. The molecule has 0 heterocycles. The normalized spacial score (nSPS) is 10.4. The molecular weight excluding hydrogens is 300 g/mol. The van der Waals surface area contributed by atoms with Gasteiger partial charge in [-0.25, -0.2) is 0 Å². The Bertz CT molecular complexity index is 329. The Morgan fingerprint density at radius 3 is 1.48 bits per heavy atom. The van der Waals surface area contributed by atoms with E-state index in [1.807, 2.05) is 20.8 Å². The second-order valence-electron chi connectivity index (χ2n) is 5.38. The van der Waals surface area contributed by atoms with Crippen LogP contribution in [0.15, 0.2) is 0 Å². The summed E-state index contributed by atoms with van der Waals surface area (Å²) in [5.74, 6) is -0.779. The Kier molecular flexibility index (Phi) is 13.1. The van der Waals surface area contributed by atoms with Crippen LogP contribution in [0.1, 0.15) is 72.1 Å². The smallest absolute Gasteiger partial charge is 0.306 e. The molecule has 0 N–H and O–H groups in total. The Hall–Kier alpha value is -1.59. The van der Waals surface area contributed by atoms with E-state index in [-0.39, 0.29) is 31.1 Å². The summed E-state index contributed by atoms with van der Waals surface area (Å²) < 4.78 is 15.5. The summed E-state index contributed by atoms with van der Waals surface area (Å²) in [5, 5.41) is 0. The molecule has 0 amide bonds. The van der Waals surface area contributed by atoms with Crippen molar-refractivity contribution in [1.29, 1.82) is 0 Å². The molecule has 134 valence electrons. The molecule has 0 aromatic carbocycles. The number of carbonyl (C=O) groups is 3. The zero-order valence-corrected chi connectivity index (χ0v) is 14.6. The molecular formula is C17H30O6. The Balaban J connectivity index is 4.19. The van der Waals surface area contributed by atoms with Gasteiger partial charge < -0.3 is 14.2 Å². The molecule has 23 heavy (non-hydrogen) atoms. The third-order valence-electron chi connectivity index (χ3n) is 3.07. The number of carbonyl (C=O) groups excluding carboxylic acids is 3. The summed E-state index contributed by atoms with van der Waals surface area (Å²) in [4.78, 5) is 34.3. The molecule has 0 saturated carbocycles. The summed E-state index contributed by atoms with van der Waals surface area (Å²) in [5.41, 5.74) is 0. The first-order valence-corrected chi connectivity index (χ1v) is 8.54. The minimum Gasteiger partial charge on any atom is -0.466 e. The summed E-state index contributed by atoms with van der Waals surface area (Å²) >= 11 is 0. The van der Waals surface area contributed by atoms with Crippen molar-refractivity contribution in [3.63, 3.8) is 0 Å². The fourth-order valence-corrected chi connectivity index (χ4v) is 1.87. The molecule has 0 bridgehead atoms. The van der Waals surface area contributed by atoms with Gasteiger partial charge in [-0.2, -0.15) is 0 Å². The van der Waals surface area contributed by atoms with Gasteiger partial charge in [-0.05, 0) is 19.3 Å². The van der Waals surface area contributed by atoms with Crippen molar-refractivity contribution in [3.8, 4) is 0 Å². The maximum atomic E-state index is 11.6. The minimum atomic E-state index is -0.405. The standard InChI is InChI=1S/C17H30O6/c1-4-7-15(18)21-12-10-14(23-17(20)9-6-3)11-13-22-16(19)8-5-2/h14H,4-13H2,1-3H3. The summed E-state index contributed by atoms with van der Waals surface area (Å²) in [6.45, 7) is 6.11. The lowest BCUT2D eigenvalue weighted by Crippen LogP contribution is -2.23. The topological polar surface area (TPSA) is 78.9 Å². The number of hydrogen-bond acceptors (Lipinski definition) is 6. The molecule has 0 rings (SSSR count). The Labute approximate surface area is 138 Å². The monoisotopic (exact) mass is 330 g/mol. The van der Waals surface area contributed by atoms with Gasteiger partial charge >= 0.3 is 17.9 Å². The second-order valence-corrected chi connectivity index (χ2v) is 5.38. The number of ether oxygens (including phenoxy) is 3. The lowest BCUT2D eigenvalue weighted by Gasteiger charge is -2.18. The highest BCUT2D eigenvalue weighted by Gasteiger charge is 2.16. The summed E-state index contributed by atoms with van der Waals surface area (Å²) in [7, 11) is 0. The fraction of sp³-hybridized carbons (Fsp3) is 0.824. The highest BCUT2D eigenvalue weighted by molar-refractivity contribution is 5.70. The maximum Gasteiger partial charge on any atom is 0.306 e. The lowest BCUT2D eigenvalue weighted by atomic mass is 10.2. The van der Waals surface area contributed by atoms with E-state index in [4.69, 9.17) is 14.2 Å². The van der Waals surface area contributed by atoms with E-state index in [0.29, 0.717) is 38.5 Å². The largest absolute Gasteiger partial charge is 0.466 e. The number of rotatable bonds is 13. The maximum absolute atomic E-state index is 11.6. The minimum absolute atomic E-state index is 0.200. The van der Waals surface area contributed by atoms with Crippen molar-refractivity contribution in [2.24, 2.45) is 0 Å².